The molecule has 1 aromatic rings. The highest BCUT2D eigenvalue weighted by Gasteiger charge is 2.20. The van der Waals surface area contributed by atoms with E-state index in [0.717, 1.165) is 18.5 Å². The fraction of sp³-hybridized carbons (Fsp3) is 0.588. The predicted octanol–water partition coefficient (Wildman–Crippen LogP) is 3.89. The first-order valence-electron chi connectivity index (χ1n) is 7.37. The third-order valence-corrected chi connectivity index (χ3v) is 3.42. The van der Waals surface area contributed by atoms with Crippen molar-refractivity contribution in [2.75, 3.05) is 20.6 Å². The number of hydrogen-bond acceptors (Lipinski definition) is 2. The summed E-state index contributed by atoms with van der Waals surface area (Å²) in [5.41, 5.74) is 1.10. The maximum atomic E-state index is 12.2. The zero-order chi connectivity index (χ0) is 16.0. The second-order valence-corrected chi connectivity index (χ2v) is 7.44. The molecular weight excluding hydrogens is 284 g/mol. The minimum atomic E-state index is -0.00379. The van der Waals surface area contributed by atoms with Gasteiger partial charge in [-0.05, 0) is 50.2 Å². The van der Waals surface area contributed by atoms with Crippen LogP contribution in [-0.2, 0) is 4.79 Å². The van der Waals surface area contributed by atoms with Gasteiger partial charge in [0.25, 0.3) is 0 Å². The number of halogens is 1. The van der Waals surface area contributed by atoms with Crippen LogP contribution in [0.25, 0.3) is 0 Å². The minimum Gasteiger partial charge on any atom is -0.349 e. The minimum absolute atomic E-state index is 0.00379. The molecule has 0 aliphatic rings. The van der Waals surface area contributed by atoms with Crippen molar-refractivity contribution in [1.82, 2.24) is 10.2 Å². The number of nitrogens with zero attached hydrogens (tertiary/aromatic N) is 1. The van der Waals surface area contributed by atoms with E-state index < -0.39 is 0 Å². The van der Waals surface area contributed by atoms with E-state index in [9.17, 15) is 4.79 Å². The van der Waals surface area contributed by atoms with Crippen LogP contribution in [0.1, 0.15) is 45.2 Å². The molecule has 0 aromatic heterocycles. The number of amides is 1. The Morgan fingerprint density at radius 3 is 2.29 bits per heavy atom. The van der Waals surface area contributed by atoms with E-state index >= 15 is 0 Å². The highest BCUT2D eigenvalue weighted by Crippen LogP contribution is 2.22. The third kappa shape index (κ3) is 7.49. The highest BCUT2D eigenvalue weighted by atomic mass is 35.5. The van der Waals surface area contributed by atoms with Gasteiger partial charge in [0.15, 0.2) is 0 Å². The smallest absolute Gasteiger partial charge is 0.221 e. The predicted molar refractivity (Wildman–Crippen MR) is 89.6 cm³/mol. The molecule has 0 heterocycles. The highest BCUT2D eigenvalue weighted by molar-refractivity contribution is 6.30. The molecule has 1 unspecified atom stereocenters. The summed E-state index contributed by atoms with van der Waals surface area (Å²) in [7, 11) is 4.08. The normalized spacial score (nSPS) is 13.3. The van der Waals surface area contributed by atoms with E-state index in [1.54, 1.807) is 0 Å². The van der Waals surface area contributed by atoms with E-state index in [4.69, 9.17) is 11.6 Å². The Kier molecular flexibility index (Phi) is 6.69. The maximum absolute atomic E-state index is 12.2. The Morgan fingerprint density at radius 1 is 1.24 bits per heavy atom. The zero-order valence-corrected chi connectivity index (χ0v) is 14.5. The molecule has 1 rings (SSSR count). The monoisotopic (exact) mass is 310 g/mol. The van der Waals surface area contributed by atoms with Gasteiger partial charge in [0.05, 0.1) is 6.04 Å². The number of nitrogens with one attached hydrogen (secondary N) is 1. The van der Waals surface area contributed by atoms with Gasteiger partial charge in [-0.3, -0.25) is 4.79 Å². The summed E-state index contributed by atoms with van der Waals surface area (Å²) in [5.74, 6) is 0.0983. The van der Waals surface area contributed by atoms with Crippen molar-refractivity contribution in [2.45, 2.75) is 39.7 Å². The standard InChI is InChI=1S/C17H27ClN2O/c1-17(2,3)12-16(21)19-15(10-11-20(4)5)13-6-8-14(18)9-7-13/h6-9,15H,10-12H2,1-5H3,(H,19,21). The van der Waals surface area contributed by atoms with E-state index in [-0.39, 0.29) is 17.4 Å². The molecule has 1 N–H and O–H groups in total. The van der Waals surface area contributed by atoms with E-state index in [1.165, 1.54) is 0 Å². The van der Waals surface area contributed by atoms with Crippen molar-refractivity contribution in [3.63, 3.8) is 0 Å². The van der Waals surface area contributed by atoms with Crippen LogP contribution in [0.2, 0.25) is 5.02 Å². The molecule has 0 spiro atoms. The van der Waals surface area contributed by atoms with Crippen LogP contribution in [0.5, 0.6) is 0 Å². The lowest BCUT2D eigenvalue weighted by molar-refractivity contribution is -0.123. The molecule has 0 saturated carbocycles. The number of carbonyl (C=O) groups is 1. The number of hydrogen-bond donors (Lipinski definition) is 1. The summed E-state index contributed by atoms with van der Waals surface area (Å²) in [4.78, 5) is 14.3. The first-order valence-corrected chi connectivity index (χ1v) is 7.75. The van der Waals surface area contributed by atoms with Crippen LogP contribution in [-0.4, -0.2) is 31.4 Å². The van der Waals surface area contributed by atoms with Gasteiger partial charge in [0.1, 0.15) is 0 Å². The van der Waals surface area contributed by atoms with Crippen molar-refractivity contribution in [3.8, 4) is 0 Å². The van der Waals surface area contributed by atoms with Crippen LogP contribution in [0.3, 0.4) is 0 Å². The van der Waals surface area contributed by atoms with Gasteiger partial charge in [0, 0.05) is 11.4 Å². The molecule has 1 atom stereocenters. The van der Waals surface area contributed by atoms with Crippen molar-refractivity contribution in [1.29, 1.82) is 0 Å². The van der Waals surface area contributed by atoms with Crippen LogP contribution < -0.4 is 5.32 Å². The molecular formula is C17H27ClN2O. The molecule has 1 aromatic carbocycles. The zero-order valence-electron chi connectivity index (χ0n) is 13.7. The van der Waals surface area contributed by atoms with E-state index in [1.807, 2.05) is 38.4 Å². The summed E-state index contributed by atoms with van der Waals surface area (Å²) in [5, 5.41) is 3.87. The fourth-order valence-electron chi connectivity index (χ4n) is 2.13. The molecule has 3 nitrogen and oxygen atoms in total. The summed E-state index contributed by atoms with van der Waals surface area (Å²) < 4.78 is 0. The molecule has 0 bridgehead atoms. The number of benzene rings is 1. The van der Waals surface area contributed by atoms with Crippen LogP contribution in [0.15, 0.2) is 24.3 Å². The summed E-state index contributed by atoms with van der Waals surface area (Å²) >= 11 is 5.94. The largest absolute Gasteiger partial charge is 0.349 e. The Hall–Kier alpha value is -1.06. The van der Waals surface area contributed by atoms with Crippen molar-refractivity contribution in [3.05, 3.63) is 34.9 Å². The average molecular weight is 311 g/mol. The summed E-state index contributed by atoms with van der Waals surface area (Å²) in [6.07, 6.45) is 1.41. The second kappa shape index (κ2) is 7.81. The molecule has 0 aliphatic carbocycles. The Labute approximate surface area is 133 Å². The molecule has 0 radical (unpaired) electrons. The fourth-order valence-corrected chi connectivity index (χ4v) is 2.26. The molecule has 0 aliphatic heterocycles. The first-order chi connectivity index (χ1) is 9.67. The molecule has 1 amide bonds. The Balaban J connectivity index is 2.77. The Bertz CT molecular complexity index is 449. The lowest BCUT2D eigenvalue weighted by Gasteiger charge is -2.24. The molecule has 0 saturated heterocycles. The second-order valence-electron chi connectivity index (χ2n) is 7.00. The van der Waals surface area contributed by atoms with Gasteiger partial charge in [-0.25, -0.2) is 0 Å². The molecule has 0 fully saturated rings. The number of carbonyl (C=O) groups excluding carboxylic acids is 1. The average Bonchev–Trinajstić information content (AvgIpc) is 2.33. The van der Waals surface area contributed by atoms with Gasteiger partial charge in [-0.15, -0.1) is 0 Å². The lowest BCUT2D eigenvalue weighted by Crippen LogP contribution is -2.33. The van der Waals surface area contributed by atoms with E-state index in [2.05, 4.69) is 31.0 Å². The third-order valence-electron chi connectivity index (χ3n) is 3.16. The van der Waals surface area contributed by atoms with Gasteiger partial charge in [0.2, 0.25) is 5.91 Å². The van der Waals surface area contributed by atoms with Gasteiger partial charge < -0.3 is 10.2 Å². The summed E-state index contributed by atoms with van der Waals surface area (Å²) in [6.45, 7) is 7.14. The van der Waals surface area contributed by atoms with Gasteiger partial charge in [-0.1, -0.05) is 44.5 Å². The first kappa shape index (κ1) is 18.0. The SMILES string of the molecule is CN(C)CCC(NC(=O)CC(C)(C)C)c1ccc(Cl)cc1. The molecule has 21 heavy (non-hydrogen) atoms. The van der Waals surface area contributed by atoms with Gasteiger partial charge >= 0.3 is 0 Å². The maximum Gasteiger partial charge on any atom is 0.221 e. The topological polar surface area (TPSA) is 32.3 Å². The van der Waals surface area contributed by atoms with Crippen molar-refractivity contribution < 1.29 is 4.79 Å². The van der Waals surface area contributed by atoms with Gasteiger partial charge in [-0.2, -0.15) is 0 Å². The van der Waals surface area contributed by atoms with E-state index in [0.29, 0.717) is 11.4 Å². The van der Waals surface area contributed by atoms with Crippen LogP contribution >= 0.6 is 11.6 Å². The van der Waals surface area contributed by atoms with Crippen molar-refractivity contribution in [2.24, 2.45) is 5.41 Å². The Morgan fingerprint density at radius 2 is 1.81 bits per heavy atom. The number of rotatable bonds is 6. The lowest BCUT2D eigenvalue weighted by atomic mass is 9.91. The quantitative estimate of drug-likeness (QED) is 0.864. The summed E-state index contributed by atoms with van der Waals surface area (Å²) in [6, 6.07) is 7.74. The molecule has 4 heteroatoms. The van der Waals surface area contributed by atoms with Crippen LogP contribution in [0, 0.1) is 5.41 Å². The van der Waals surface area contributed by atoms with Crippen molar-refractivity contribution >= 4 is 17.5 Å². The molecule has 118 valence electrons. The van der Waals surface area contributed by atoms with Crippen LogP contribution in [0.4, 0.5) is 0 Å².